The maximum atomic E-state index is 12.8. The highest BCUT2D eigenvalue weighted by molar-refractivity contribution is 6.32. The predicted molar refractivity (Wildman–Crippen MR) is 108 cm³/mol. The van der Waals surface area contributed by atoms with E-state index in [9.17, 15) is 4.79 Å². The Hall–Kier alpha value is -2.40. The van der Waals surface area contributed by atoms with Gasteiger partial charge < -0.3 is 20.1 Å². The number of fused-ring (bicyclic) bond motifs is 1. The Bertz CT molecular complexity index is 825. The molecule has 0 aliphatic heterocycles. The molecule has 3 rings (SSSR count). The molecule has 144 valence electrons. The Morgan fingerprint density at radius 3 is 2.67 bits per heavy atom. The second-order valence-corrected chi connectivity index (χ2v) is 7.11. The van der Waals surface area contributed by atoms with Crippen LogP contribution >= 0.6 is 11.6 Å². The number of aryl methyl sites for hydroxylation is 1. The number of hydrogen-bond acceptors (Lipinski definition) is 4. The van der Waals surface area contributed by atoms with Crippen molar-refractivity contribution in [2.45, 2.75) is 38.3 Å². The number of rotatable bonds is 6. The molecule has 0 saturated carbocycles. The van der Waals surface area contributed by atoms with Gasteiger partial charge in [0, 0.05) is 6.07 Å². The molecule has 5 nitrogen and oxygen atoms in total. The Kier molecular flexibility index (Phi) is 6.11. The van der Waals surface area contributed by atoms with Crippen molar-refractivity contribution in [3.8, 4) is 11.5 Å². The van der Waals surface area contributed by atoms with E-state index in [-0.39, 0.29) is 11.9 Å². The monoisotopic (exact) mass is 388 g/mol. The third-order valence-electron chi connectivity index (χ3n) is 4.93. The Balaban J connectivity index is 1.71. The number of carbonyl (C=O) groups excluding carboxylic acids is 1. The molecule has 0 saturated heterocycles. The molecule has 2 aromatic carbocycles. The van der Waals surface area contributed by atoms with Gasteiger partial charge in [0.15, 0.2) is 0 Å². The summed E-state index contributed by atoms with van der Waals surface area (Å²) in [7, 11) is 3.11. The van der Waals surface area contributed by atoms with Gasteiger partial charge in [0.2, 0.25) is 5.91 Å². The van der Waals surface area contributed by atoms with Crippen LogP contribution in [-0.4, -0.2) is 26.2 Å². The Morgan fingerprint density at radius 1 is 1.19 bits per heavy atom. The molecule has 2 aromatic rings. The van der Waals surface area contributed by atoms with Gasteiger partial charge in [-0.15, -0.1) is 0 Å². The first-order chi connectivity index (χ1) is 13.0. The van der Waals surface area contributed by atoms with E-state index in [1.165, 1.54) is 11.1 Å². The molecule has 0 fully saturated rings. The zero-order valence-electron chi connectivity index (χ0n) is 15.8. The van der Waals surface area contributed by atoms with Gasteiger partial charge in [-0.2, -0.15) is 0 Å². The molecule has 27 heavy (non-hydrogen) atoms. The Labute approximate surface area is 165 Å². The van der Waals surface area contributed by atoms with Crippen LogP contribution in [0.25, 0.3) is 0 Å². The lowest BCUT2D eigenvalue weighted by molar-refractivity contribution is -0.122. The third-order valence-corrected chi connectivity index (χ3v) is 5.22. The smallest absolute Gasteiger partial charge is 0.242 e. The highest BCUT2D eigenvalue weighted by Gasteiger charge is 2.24. The van der Waals surface area contributed by atoms with E-state index in [4.69, 9.17) is 21.1 Å². The number of anilines is 1. The van der Waals surface area contributed by atoms with Crippen LogP contribution in [0.2, 0.25) is 5.02 Å². The van der Waals surface area contributed by atoms with Gasteiger partial charge in [-0.3, -0.25) is 4.79 Å². The molecule has 0 aromatic heterocycles. The highest BCUT2D eigenvalue weighted by atomic mass is 35.5. The molecule has 2 N–H and O–H groups in total. The summed E-state index contributed by atoms with van der Waals surface area (Å²) in [6, 6.07) is 11.3. The van der Waals surface area contributed by atoms with E-state index >= 15 is 0 Å². The standard InChI is InChI=1S/C21H25ClN2O3/c1-13(23-18-11-16(22)19(26-2)12-20(18)27-3)21(25)24-17-10-6-8-14-7-4-5-9-15(14)17/h4-5,7,9,11-13,17,23H,6,8,10H2,1-3H3,(H,24,25)/t13-,17-/m1/s1. The van der Waals surface area contributed by atoms with Crippen LogP contribution in [0.5, 0.6) is 11.5 Å². The number of ether oxygens (including phenoxy) is 2. The van der Waals surface area contributed by atoms with Gasteiger partial charge in [-0.05, 0) is 43.4 Å². The summed E-state index contributed by atoms with van der Waals surface area (Å²) in [4.78, 5) is 12.8. The number of nitrogens with one attached hydrogen (secondary N) is 2. The maximum absolute atomic E-state index is 12.8. The fraction of sp³-hybridized carbons (Fsp3) is 0.381. The average Bonchev–Trinajstić information content (AvgIpc) is 2.68. The van der Waals surface area contributed by atoms with E-state index in [1.807, 2.05) is 19.1 Å². The van der Waals surface area contributed by atoms with Crippen molar-refractivity contribution < 1.29 is 14.3 Å². The van der Waals surface area contributed by atoms with E-state index in [0.717, 1.165) is 19.3 Å². The molecule has 0 radical (unpaired) electrons. The number of amides is 1. The third kappa shape index (κ3) is 4.30. The van der Waals surface area contributed by atoms with Crippen LogP contribution in [0, 0.1) is 0 Å². The molecular formula is C21H25ClN2O3. The normalized spacial score (nSPS) is 16.8. The van der Waals surface area contributed by atoms with Crippen LogP contribution in [0.1, 0.15) is 36.9 Å². The lowest BCUT2D eigenvalue weighted by atomic mass is 9.87. The SMILES string of the molecule is COc1cc(OC)c(N[C@H](C)C(=O)N[C@@H]2CCCc3ccccc32)cc1Cl. The zero-order chi connectivity index (χ0) is 19.4. The fourth-order valence-electron chi connectivity index (χ4n) is 3.47. The number of methoxy groups -OCH3 is 2. The molecule has 1 aliphatic rings. The molecule has 0 unspecified atom stereocenters. The second-order valence-electron chi connectivity index (χ2n) is 6.71. The highest BCUT2D eigenvalue weighted by Crippen LogP contribution is 2.36. The van der Waals surface area contributed by atoms with Crippen molar-refractivity contribution in [3.05, 3.63) is 52.5 Å². The molecule has 1 aliphatic carbocycles. The van der Waals surface area contributed by atoms with Crippen molar-refractivity contribution >= 4 is 23.2 Å². The summed E-state index contributed by atoms with van der Waals surface area (Å²) in [6.45, 7) is 1.82. The minimum absolute atomic E-state index is 0.0491. The van der Waals surface area contributed by atoms with Crippen molar-refractivity contribution in [1.82, 2.24) is 5.32 Å². The maximum Gasteiger partial charge on any atom is 0.242 e. The van der Waals surface area contributed by atoms with Crippen LogP contribution in [-0.2, 0) is 11.2 Å². The van der Waals surface area contributed by atoms with E-state index < -0.39 is 6.04 Å². The first kappa shape index (κ1) is 19.4. The topological polar surface area (TPSA) is 59.6 Å². The summed E-state index contributed by atoms with van der Waals surface area (Å²) in [5.74, 6) is 1.03. The summed E-state index contributed by atoms with van der Waals surface area (Å²) in [6.07, 6.45) is 3.09. The van der Waals surface area contributed by atoms with Crippen LogP contribution in [0.4, 0.5) is 5.69 Å². The number of benzene rings is 2. The lowest BCUT2D eigenvalue weighted by Gasteiger charge is -2.28. The van der Waals surface area contributed by atoms with E-state index in [0.29, 0.717) is 22.2 Å². The molecule has 6 heteroatoms. The summed E-state index contributed by atoms with van der Waals surface area (Å²) >= 11 is 6.21. The molecule has 1 amide bonds. The largest absolute Gasteiger partial charge is 0.495 e. The average molecular weight is 389 g/mol. The van der Waals surface area contributed by atoms with Crippen LogP contribution in [0.15, 0.2) is 36.4 Å². The van der Waals surface area contributed by atoms with E-state index in [2.05, 4.69) is 22.8 Å². The number of hydrogen-bond donors (Lipinski definition) is 2. The molecule has 0 bridgehead atoms. The summed E-state index contributed by atoms with van der Waals surface area (Å²) < 4.78 is 10.6. The quantitative estimate of drug-likeness (QED) is 0.772. The van der Waals surface area contributed by atoms with Crippen molar-refractivity contribution in [2.75, 3.05) is 19.5 Å². The van der Waals surface area contributed by atoms with Gasteiger partial charge in [0.25, 0.3) is 0 Å². The van der Waals surface area contributed by atoms with Gasteiger partial charge in [0.05, 0.1) is 31.0 Å². The van der Waals surface area contributed by atoms with Gasteiger partial charge in [-0.1, -0.05) is 35.9 Å². The number of halogens is 1. The van der Waals surface area contributed by atoms with E-state index in [1.54, 1.807) is 26.4 Å². The first-order valence-corrected chi connectivity index (χ1v) is 9.47. The van der Waals surface area contributed by atoms with Crippen LogP contribution in [0.3, 0.4) is 0 Å². The zero-order valence-corrected chi connectivity index (χ0v) is 16.6. The first-order valence-electron chi connectivity index (χ1n) is 9.09. The predicted octanol–water partition coefficient (Wildman–Crippen LogP) is 4.35. The minimum atomic E-state index is -0.447. The Morgan fingerprint density at radius 2 is 1.93 bits per heavy atom. The molecule has 0 spiro atoms. The van der Waals surface area contributed by atoms with Gasteiger partial charge >= 0.3 is 0 Å². The van der Waals surface area contributed by atoms with Crippen LogP contribution < -0.4 is 20.1 Å². The van der Waals surface area contributed by atoms with Gasteiger partial charge in [-0.25, -0.2) is 0 Å². The van der Waals surface area contributed by atoms with Crippen molar-refractivity contribution in [2.24, 2.45) is 0 Å². The molecular weight excluding hydrogens is 364 g/mol. The van der Waals surface area contributed by atoms with Gasteiger partial charge in [0.1, 0.15) is 17.5 Å². The number of carbonyl (C=O) groups is 1. The van der Waals surface area contributed by atoms with Crippen molar-refractivity contribution in [1.29, 1.82) is 0 Å². The minimum Gasteiger partial charge on any atom is -0.495 e. The lowest BCUT2D eigenvalue weighted by Crippen LogP contribution is -2.40. The molecule has 0 heterocycles. The summed E-state index contributed by atoms with van der Waals surface area (Å²) in [5, 5.41) is 6.81. The summed E-state index contributed by atoms with van der Waals surface area (Å²) in [5.41, 5.74) is 3.18. The van der Waals surface area contributed by atoms with Crippen molar-refractivity contribution in [3.63, 3.8) is 0 Å². The fourth-order valence-corrected chi connectivity index (χ4v) is 3.71. The molecule has 2 atom stereocenters. The second kappa shape index (κ2) is 8.53.